The van der Waals surface area contributed by atoms with E-state index >= 15 is 0 Å². The zero-order valence-electron chi connectivity index (χ0n) is 47.1. The summed E-state index contributed by atoms with van der Waals surface area (Å²) in [5, 5.41) is 45.2. The Kier molecular flexibility index (Phi) is 19.9. The van der Waals surface area contributed by atoms with Crippen LogP contribution in [0, 0.1) is 13.8 Å². The molecule has 6 aromatic rings. The lowest BCUT2D eigenvalue weighted by Crippen LogP contribution is -2.52. The molecule has 34 heteroatoms. The molecule has 1 aliphatic rings. The molecule has 10 bridgehead atoms. The maximum atomic E-state index is 14.0. The van der Waals surface area contributed by atoms with Gasteiger partial charge in [0.25, 0.3) is 53.2 Å². The van der Waals surface area contributed by atoms with Gasteiger partial charge in [-0.15, -0.1) is 22.7 Å². The fraction of sp³-hybridized carbons (Fsp3) is 0.185. The third-order valence-electron chi connectivity index (χ3n) is 11.8. The molecule has 0 aliphatic carbocycles. The Balaban J connectivity index is 1.23. The van der Waals surface area contributed by atoms with Crippen molar-refractivity contribution in [3.05, 3.63) is 160 Å². The minimum Gasteiger partial charge on any atom is -0.443 e. The minimum atomic E-state index is -1.74. The number of nitrogens with two attached hydrogens (primary N) is 1. The van der Waals surface area contributed by atoms with Crippen LogP contribution in [0.1, 0.15) is 114 Å². The van der Waals surface area contributed by atoms with E-state index in [1.54, 1.807) is 6.92 Å². The SMILES string of the molecule is C=C(NC(=O)C(=C)NC(=O)C(=C)NC(=O)c1ccc2c(n1)-c1coc(n1)C(=C)NC(=O)C(=C)NC(=O)c1nc(oc1C)C(=CC)NC(=O)c1csc(n1)[C@@H](OC)NC(=O)c1nc(oc1C)C(=C[C@H](C)O)NC(=O)[C@@H]([C@H](C)O)NC(=O)c1csc-2n1)C(N)=O. The van der Waals surface area contributed by atoms with Gasteiger partial charge in [0.05, 0.1) is 40.7 Å². The predicted molar refractivity (Wildman–Crippen MR) is 309 cm³/mol. The van der Waals surface area contributed by atoms with E-state index in [1.165, 1.54) is 63.8 Å². The van der Waals surface area contributed by atoms with Crippen LogP contribution in [0.3, 0.4) is 0 Å². The molecule has 0 saturated carbocycles. The smallest absolute Gasteiger partial charge is 0.278 e. The van der Waals surface area contributed by atoms with Crippen molar-refractivity contribution < 1.29 is 76.1 Å². The first kappa shape index (κ1) is 64.4. The van der Waals surface area contributed by atoms with E-state index in [0.717, 1.165) is 35.0 Å². The first-order valence-corrected chi connectivity index (χ1v) is 27.0. The Hall–Kier alpha value is -11.2. The number of primary amides is 1. The van der Waals surface area contributed by atoms with E-state index in [0.29, 0.717) is 0 Å². The zero-order valence-corrected chi connectivity index (χ0v) is 48.7. The predicted octanol–water partition coefficient (Wildman–Crippen LogP) is 1.13. The number of nitrogens with one attached hydrogen (secondary N) is 9. The van der Waals surface area contributed by atoms with Crippen molar-refractivity contribution in [1.29, 1.82) is 0 Å². The molecule has 0 saturated heterocycles. The van der Waals surface area contributed by atoms with Gasteiger partial charge in [0.15, 0.2) is 17.6 Å². The number of thiazole rings is 2. The Morgan fingerprint density at radius 1 is 0.682 bits per heavy atom. The number of pyridine rings is 1. The molecular formula is C54H52N16O16S2. The summed E-state index contributed by atoms with van der Waals surface area (Å²) < 4.78 is 22.7. The highest BCUT2D eigenvalue weighted by molar-refractivity contribution is 7.13. The number of amides is 10. The molecule has 10 amide bonds. The van der Waals surface area contributed by atoms with E-state index in [1.807, 2.05) is 5.32 Å². The number of nitrogens with zero attached hydrogens (tertiary/aromatic N) is 6. The lowest BCUT2D eigenvalue weighted by molar-refractivity contribution is -0.124. The van der Waals surface area contributed by atoms with Crippen molar-refractivity contribution >= 4 is 98.8 Å². The van der Waals surface area contributed by atoms with Gasteiger partial charge in [-0.05, 0) is 52.8 Å². The van der Waals surface area contributed by atoms with Gasteiger partial charge in [0.1, 0.15) is 73.7 Å². The van der Waals surface area contributed by atoms with Crippen molar-refractivity contribution in [2.24, 2.45) is 5.73 Å². The highest BCUT2D eigenvalue weighted by atomic mass is 32.1. The average molecular weight is 1250 g/mol. The van der Waals surface area contributed by atoms with Crippen molar-refractivity contribution in [2.75, 3.05) is 7.11 Å². The Bertz CT molecular complexity index is 4030. The van der Waals surface area contributed by atoms with E-state index < -0.39 is 112 Å². The second-order valence-corrected chi connectivity index (χ2v) is 20.1. The third kappa shape index (κ3) is 15.0. The van der Waals surface area contributed by atoms with Crippen LogP contribution in [-0.2, 0) is 28.7 Å². The van der Waals surface area contributed by atoms with Crippen LogP contribution >= 0.6 is 22.7 Å². The number of aromatic nitrogens is 6. The second kappa shape index (κ2) is 27.2. The lowest BCUT2D eigenvalue weighted by Gasteiger charge is -2.21. The summed E-state index contributed by atoms with van der Waals surface area (Å²) in [5.74, 6) is -11.1. The molecule has 1 aliphatic heterocycles. The van der Waals surface area contributed by atoms with Crippen LogP contribution in [-0.4, -0.2) is 125 Å². The van der Waals surface area contributed by atoms with Crippen LogP contribution in [0.4, 0.5) is 0 Å². The summed E-state index contributed by atoms with van der Waals surface area (Å²) in [6, 6.07) is 0.772. The van der Waals surface area contributed by atoms with Gasteiger partial charge < -0.3 is 81.8 Å². The van der Waals surface area contributed by atoms with Gasteiger partial charge in [-0.1, -0.05) is 39.0 Å². The number of hydrogen-bond acceptors (Lipinski definition) is 24. The number of aryl methyl sites for hydroxylation is 2. The molecule has 4 atom stereocenters. The number of aliphatic hydroxyl groups is 2. The molecular weight excluding hydrogens is 1190 g/mol. The van der Waals surface area contributed by atoms with Gasteiger partial charge in [-0.25, -0.2) is 29.9 Å². The normalized spacial score (nSPS) is 17.0. The number of ether oxygens (including phenoxy) is 1. The van der Waals surface area contributed by atoms with Crippen LogP contribution in [0.25, 0.3) is 39.1 Å². The molecule has 32 nitrogen and oxygen atoms in total. The number of hydrogen-bond donors (Lipinski definition) is 12. The summed E-state index contributed by atoms with van der Waals surface area (Å²) in [6.07, 6.45) is -0.570. The standard InChI is InChI=1S/C54H52N16O16S2/c1-12-29-50-68-36(26(9)85-50)47(81)59-23(6)42(76)60-24(7)49-64-32(16-84-49)38-28(13-14-30(61-38)43(77)58-22(5)41(75)57-21(4)40(74)56-20(3)39(55)73)53-65-34(17-87-53)45(79)67-35(25(8)72)46(80)63-31(15-19(2)71)51-69-37(27(10)86-51)48(82)70-52(83-11)54-66-33(18-88-54)44(78)62-29/h12-19,25,35,52,71-72H,3-7H2,1-2,8-11H3,(H2,55,73)(H,56,74)(H,57,75)(H,58,77)(H,59,81)(H,60,76)(H,62,78)(H,63,80)(H,67,79)(H,70,82)/t19-,25-,35+,52+/m0/s1. The first-order valence-electron chi connectivity index (χ1n) is 25.2. The topological polar surface area (TPSA) is 471 Å². The fourth-order valence-electron chi connectivity index (χ4n) is 7.34. The molecule has 88 heavy (non-hydrogen) atoms. The molecule has 0 unspecified atom stereocenters. The third-order valence-corrected chi connectivity index (χ3v) is 13.5. The lowest BCUT2D eigenvalue weighted by atomic mass is 10.1. The number of oxazole rings is 3. The Morgan fingerprint density at radius 3 is 1.91 bits per heavy atom. The number of fused-ring (bicyclic) bond motifs is 13. The molecule has 0 fully saturated rings. The van der Waals surface area contributed by atoms with Crippen molar-refractivity contribution in [2.45, 2.75) is 59.1 Å². The fourth-order valence-corrected chi connectivity index (χ4v) is 8.98. The zero-order chi connectivity index (χ0) is 64.6. The molecule has 6 aromatic heterocycles. The number of carbonyl (C=O) groups is 10. The number of allylic oxidation sites excluding steroid dienone is 1. The number of carbonyl (C=O) groups excluding carboxylic acids is 10. The quantitative estimate of drug-likeness (QED) is 0.0855. The van der Waals surface area contributed by atoms with Crippen LogP contribution in [0.5, 0.6) is 0 Å². The average Bonchev–Trinajstić information content (AvgIpc) is 2.95. The maximum Gasteiger partial charge on any atom is 0.278 e. The van der Waals surface area contributed by atoms with E-state index in [-0.39, 0.29) is 96.0 Å². The number of aliphatic hydroxyl groups excluding tert-OH is 2. The van der Waals surface area contributed by atoms with Gasteiger partial charge in [-0.2, -0.15) is 0 Å². The van der Waals surface area contributed by atoms with Crippen LogP contribution < -0.4 is 53.6 Å². The van der Waals surface area contributed by atoms with Gasteiger partial charge in [-0.3, -0.25) is 47.9 Å². The minimum absolute atomic E-state index is 0.00328. The van der Waals surface area contributed by atoms with Gasteiger partial charge in [0, 0.05) is 23.4 Å². The molecule has 0 radical (unpaired) electrons. The van der Waals surface area contributed by atoms with E-state index in [9.17, 15) is 58.2 Å². The highest BCUT2D eigenvalue weighted by Crippen LogP contribution is 2.34. The van der Waals surface area contributed by atoms with Crippen LogP contribution in [0.2, 0.25) is 0 Å². The molecule has 0 spiro atoms. The molecule has 456 valence electrons. The van der Waals surface area contributed by atoms with Crippen molar-refractivity contribution in [1.82, 2.24) is 77.8 Å². The second-order valence-electron chi connectivity index (χ2n) is 18.4. The summed E-state index contributed by atoms with van der Waals surface area (Å²) in [4.78, 5) is 159. The van der Waals surface area contributed by atoms with Crippen molar-refractivity contribution in [3.8, 4) is 22.0 Å². The first-order chi connectivity index (χ1) is 41.6. The molecule has 7 heterocycles. The van der Waals surface area contributed by atoms with Crippen LogP contribution in [0.15, 0.2) is 110 Å². The molecule has 13 N–H and O–H groups in total. The maximum absolute atomic E-state index is 14.0. The monoisotopic (exact) mass is 1240 g/mol. The van der Waals surface area contributed by atoms with Crippen molar-refractivity contribution in [3.63, 3.8) is 0 Å². The molecule has 0 aromatic carbocycles. The van der Waals surface area contributed by atoms with E-state index in [4.69, 9.17) is 23.7 Å². The largest absolute Gasteiger partial charge is 0.443 e. The van der Waals surface area contributed by atoms with Gasteiger partial charge in [0.2, 0.25) is 23.6 Å². The summed E-state index contributed by atoms with van der Waals surface area (Å²) in [7, 11) is 1.25. The summed E-state index contributed by atoms with van der Waals surface area (Å²) in [6.45, 7) is 24.5. The number of methoxy groups -OCH3 is 1. The Morgan fingerprint density at radius 2 is 1.28 bits per heavy atom. The summed E-state index contributed by atoms with van der Waals surface area (Å²) in [5.41, 5.74) is 0.510. The van der Waals surface area contributed by atoms with E-state index in [2.05, 4.69) is 105 Å². The highest BCUT2D eigenvalue weighted by Gasteiger charge is 2.32. The summed E-state index contributed by atoms with van der Waals surface area (Å²) >= 11 is 1.80. The number of rotatable bonds is 10. The Labute approximate surface area is 504 Å². The van der Waals surface area contributed by atoms with Gasteiger partial charge >= 0.3 is 0 Å². The molecule has 7 rings (SSSR count).